The molecule has 1 atom stereocenters. The zero-order valence-electron chi connectivity index (χ0n) is 16.6. The van der Waals surface area contributed by atoms with Gasteiger partial charge in [-0.3, -0.25) is 4.98 Å². The summed E-state index contributed by atoms with van der Waals surface area (Å²) in [4.78, 5) is 8.72. The SMILES string of the molecule is Cn1nc(C2CCOCC2)cc1Oc1cc(Cl)cnc1-c1ccc([C@H](F)CN)cn1. The highest BCUT2D eigenvalue weighted by Crippen LogP contribution is 2.35. The maximum Gasteiger partial charge on any atom is 0.217 e. The van der Waals surface area contributed by atoms with E-state index in [0.29, 0.717) is 39.5 Å². The third-order valence-corrected chi connectivity index (χ3v) is 5.33. The number of pyridine rings is 2. The lowest BCUT2D eigenvalue weighted by molar-refractivity contribution is 0.0844. The molecule has 0 radical (unpaired) electrons. The second kappa shape index (κ2) is 9.07. The van der Waals surface area contributed by atoms with E-state index < -0.39 is 6.17 Å². The van der Waals surface area contributed by atoms with Gasteiger partial charge >= 0.3 is 0 Å². The second-order valence-corrected chi connectivity index (χ2v) is 7.64. The number of halogens is 2. The van der Waals surface area contributed by atoms with Crippen molar-refractivity contribution in [1.82, 2.24) is 19.7 Å². The Balaban J connectivity index is 1.62. The Morgan fingerprint density at radius 1 is 1.27 bits per heavy atom. The number of aromatic nitrogens is 4. The molecule has 0 amide bonds. The minimum atomic E-state index is -1.25. The topological polar surface area (TPSA) is 88.1 Å². The molecule has 3 aromatic heterocycles. The van der Waals surface area contributed by atoms with Gasteiger partial charge in [-0.15, -0.1) is 0 Å². The van der Waals surface area contributed by atoms with Crippen LogP contribution in [-0.4, -0.2) is 39.5 Å². The van der Waals surface area contributed by atoms with Crippen molar-refractivity contribution in [3.8, 4) is 23.0 Å². The highest BCUT2D eigenvalue weighted by molar-refractivity contribution is 6.30. The van der Waals surface area contributed by atoms with E-state index in [1.807, 2.05) is 13.1 Å². The maximum atomic E-state index is 13.8. The van der Waals surface area contributed by atoms with Crippen LogP contribution in [0.5, 0.6) is 11.6 Å². The molecule has 4 heterocycles. The number of hydrogen-bond donors (Lipinski definition) is 1. The van der Waals surface area contributed by atoms with Gasteiger partial charge in [0.15, 0.2) is 5.75 Å². The monoisotopic (exact) mass is 431 g/mol. The van der Waals surface area contributed by atoms with Gasteiger partial charge in [-0.2, -0.15) is 5.10 Å². The molecule has 0 unspecified atom stereocenters. The van der Waals surface area contributed by atoms with E-state index in [9.17, 15) is 4.39 Å². The summed E-state index contributed by atoms with van der Waals surface area (Å²) in [7, 11) is 1.83. The van der Waals surface area contributed by atoms with E-state index in [1.54, 1.807) is 22.9 Å². The molecule has 2 N–H and O–H groups in total. The average Bonchev–Trinajstić information content (AvgIpc) is 3.14. The predicted molar refractivity (Wildman–Crippen MR) is 111 cm³/mol. The van der Waals surface area contributed by atoms with Crippen LogP contribution in [0.15, 0.2) is 36.7 Å². The van der Waals surface area contributed by atoms with Crippen molar-refractivity contribution in [3.05, 3.63) is 52.9 Å². The summed E-state index contributed by atoms with van der Waals surface area (Å²) >= 11 is 6.16. The van der Waals surface area contributed by atoms with Crippen molar-refractivity contribution in [3.63, 3.8) is 0 Å². The summed E-state index contributed by atoms with van der Waals surface area (Å²) in [5.41, 5.74) is 7.83. The zero-order chi connectivity index (χ0) is 21.1. The van der Waals surface area contributed by atoms with Crippen LogP contribution in [-0.2, 0) is 11.8 Å². The van der Waals surface area contributed by atoms with E-state index in [0.717, 1.165) is 31.7 Å². The van der Waals surface area contributed by atoms with Crippen molar-refractivity contribution in [2.75, 3.05) is 19.8 Å². The molecule has 0 bridgehead atoms. The lowest BCUT2D eigenvalue weighted by atomic mass is 9.97. The van der Waals surface area contributed by atoms with E-state index in [2.05, 4.69) is 15.1 Å². The molecule has 1 saturated heterocycles. The normalized spacial score (nSPS) is 15.9. The van der Waals surface area contributed by atoms with E-state index in [1.165, 1.54) is 12.4 Å². The van der Waals surface area contributed by atoms with Gasteiger partial charge in [0.25, 0.3) is 0 Å². The first-order valence-electron chi connectivity index (χ1n) is 9.80. The molecule has 7 nitrogen and oxygen atoms in total. The number of aryl methyl sites for hydroxylation is 1. The minimum Gasteiger partial charge on any atom is -0.437 e. The highest BCUT2D eigenvalue weighted by Gasteiger charge is 2.21. The van der Waals surface area contributed by atoms with Crippen LogP contribution in [0.4, 0.5) is 4.39 Å². The molecule has 3 aromatic rings. The third-order valence-electron chi connectivity index (χ3n) is 5.13. The third kappa shape index (κ3) is 4.45. The summed E-state index contributed by atoms with van der Waals surface area (Å²) in [5.74, 6) is 1.37. The van der Waals surface area contributed by atoms with Crippen LogP contribution >= 0.6 is 11.6 Å². The first kappa shape index (κ1) is 20.7. The Labute approximate surface area is 179 Å². The Bertz CT molecular complexity index is 1010. The molecular formula is C21H23ClFN5O2. The van der Waals surface area contributed by atoms with Crippen molar-refractivity contribution in [2.24, 2.45) is 12.8 Å². The standard InChI is InChI=1S/C21H23ClFN5O2/c1-28-20(9-18(27-28)13-4-6-29-7-5-13)30-19-8-15(22)12-26-21(19)17-3-2-14(11-25-17)16(23)10-24/h2-3,8-9,11-13,16H,4-7,10,24H2,1H3/t16-/m1/s1. The van der Waals surface area contributed by atoms with Gasteiger partial charge in [0.2, 0.25) is 5.88 Å². The van der Waals surface area contributed by atoms with Crippen LogP contribution in [0, 0.1) is 0 Å². The number of rotatable bonds is 6. The van der Waals surface area contributed by atoms with Gasteiger partial charge in [-0.1, -0.05) is 17.7 Å². The van der Waals surface area contributed by atoms with Gasteiger partial charge in [-0.05, 0) is 18.9 Å². The lowest BCUT2D eigenvalue weighted by Crippen LogP contribution is -2.14. The van der Waals surface area contributed by atoms with Crippen molar-refractivity contribution < 1.29 is 13.9 Å². The summed E-state index contributed by atoms with van der Waals surface area (Å²) in [5, 5.41) is 5.04. The molecule has 30 heavy (non-hydrogen) atoms. The van der Waals surface area contributed by atoms with Crippen LogP contribution in [0.25, 0.3) is 11.4 Å². The van der Waals surface area contributed by atoms with Crippen LogP contribution in [0.3, 0.4) is 0 Å². The lowest BCUT2D eigenvalue weighted by Gasteiger charge is -2.19. The van der Waals surface area contributed by atoms with Gasteiger partial charge in [0.1, 0.15) is 11.9 Å². The number of nitrogens with two attached hydrogens (primary N) is 1. The summed E-state index contributed by atoms with van der Waals surface area (Å²) in [6.45, 7) is 1.39. The summed E-state index contributed by atoms with van der Waals surface area (Å²) in [6, 6.07) is 6.95. The first-order chi connectivity index (χ1) is 14.5. The Kier molecular flexibility index (Phi) is 6.26. The molecular weight excluding hydrogens is 409 g/mol. The molecule has 4 rings (SSSR count). The van der Waals surface area contributed by atoms with Crippen molar-refractivity contribution in [2.45, 2.75) is 24.9 Å². The maximum absolute atomic E-state index is 13.8. The molecule has 1 aliphatic rings. The van der Waals surface area contributed by atoms with Gasteiger partial charge in [-0.25, -0.2) is 14.1 Å². The van der Waals surface area contributed by atoms with Gasteiger partial charge in [0, 0.05) is 62.8 Å². The zero-order valence-corrected chi connectivity index (χ0v) is 17.3. The van der Waals surface area contributed by atoms with Gasteiger partial charge < -0.3 is 15.2 Å². The van der Waals surface area contributed by atoms with Crippen LogP contribution in [0.1, 0.15) is 36.2 Å². The second-order valence-electron chi connectivity index (χ2n) is 7.20. The van der Waals surface area contributed by atoms with Gasteiger partial charge in [0.05, 0.1) is 16.4 Å². The molecule has 1 fully saturated rings. The van der Waals surface area contributed by atoms with Crippen LogP contribution in [0.2, 0.25) is 5.02 Å². The largest absolute Gasteiger partial charge is 0.437 e. The van der Waals surface area contributed by atoms with E-state index >= 15 is 0 Å². The number of hydrogen-bond acceptors (Lipinski definition) is 6. The quantitative estimate of drug-likeness (QED) is 0.629. The number of ether oxygens (including phenoxy) is 2. The van der Waals surface area contributed by atoms with Crippen molar-refractivity contribution >= 4 is 11.6 Å². The fraction of sp³-hybridized carbons (Fsp3) is 0.381. The smallest absolute Gasteiger partial charge is 0.217 e. The molecule has 0 saturated carbocycles. The molecule has 0 spiro atoms. The number of alkyl halides is 1. The molecule has 9 heteroatoms. The summed E-state index contributed by atoms with van der Waals surface area (Å²) < 4.78 is 27.0. The molecule has 158 valence electrons. The van der Waals surface area contributed by atoms with E-state index in [4.69, 9.17) is 26.8 Å². The highest BCUT2D eigenvalue weighted by atomic mass is 35.5. The molecule has 1 aliphatic heterocycles. The fourth-order valence-electron chi connectivity index (χ4n) is 3.43. The first-order valence-corrected chi connectivity index (χ1v) is 10.2. The van der Waals surface area contributed by atoms with Crippen LogP contribution < -0.4 is 10.5 Å². The van der Waals surface area contributed by atoms with Crippen molar-refractivity contribution in [1.29, 1.82) is 0 Å². The van der Waals surface area contributed by atoms with E-state index in [-0.39, 0.29) is 6.54 Å². The predicted octanol–water partition coefficient (Wildman–Crippen LogP) is 4.19. The number of nitrogens with zero attached hydrogens (tertiary/aromatic N) is 4. The Hall–Kier alpha value is -2.55. The summed E-state index contributed by atoms with van der Waals surface area (Å²) in [6.07, 6.45) is 3.61. The fourth-order valence-corrected chi connectivity index (χ4v) is 3.58. The Morgan fingerprint density at radius 2 is 2.07 bits per heavy atom. The average molecular weight is 432 g/mol. The Morgan fingerprint density at radius 3 is 2.77 bits per heavy atom. The molecule has 0 aliphatic carbocycles. The molecule has 0 aromatic carbocycles. The minimum absolute atomic E-state index is 0.0927.